The predicted molar refractivity (Wildman–Crippen MR) is 76.2 cm³/mol. The molecule has 3 rings (SSSR count). The van der Waals surface area contributed by atoms with Crippen LogP contribution in [0.5, 0.6) is 0 Å². The Bertz CT molecular complexity index is 513. The molecule has 106 valence electrons. The molecule has 0 atom stereocenters. The molecular formula is C16H20N2O2. The molecule has 1 saturated carbocycles. The third-order valence-corrected chi connectivity index (χ3v) is 4.46. The average Bonchev–Trinajstić information content (AvgIpc) is 2.45. The second-order valence-electron chi connectivity index (χ2n) is 5.63. The van der Waals surface area contributed by atoms with Gasteiger partial charge in [0.2, 0.25) is 6.08 Å². The van der Waals surface area contributed by atoms with Crippen LogP contribution < -0.4 is 0 Å². The molecule has 4 nitrogen and oxygen atoms in total. The molecule has 1 aromatic carbocycles. The van der Waals surface area contributed by atoms with E-state index < -0.39 is 0 Å². The number of hydrogen-bond donors (Lipinski definition) is 0. The van der Waals surface area contributed by atoms with Crippen molar-refractivity contribution < 1.29 is 9.53 Å². The average molecular weight is 272 g/mol. The Labute approximate surface area is 119 Å². The van der Waals surface area contributed by atoms with E-state index in [2.05, 4.69) is 28.1 Å². The van der Waals surface area contributed by atoms with Crippen molar-refractivity contribution in [2.45, 2.75) is 31.3 Å². The van der Waals surface area contributed by atoms with Crippen LogP contribution in [0, 0.1) is 0 Å². The van der Waals surface area contributed by atoms with E-state index in [4.69, 9.17) is 4.74 Å². The maximum absolute atomic E-state index is 10.8. The molecule has 0 bridgehead atoms. The first kappa shape index (κ1) is 13.5. The third-order valence-electron chi connectivity index (χ3n) is 4.46. The zero-order valence-corrected chi connectivity index (χ0v) is 11.7. The molecule has 1 aliphatic heterocycles. The minimum absolute atomic E-state index is 0.301. The molecule has 0 N–H and O–H groups in total. The number of aliphatic imine (C=N–C) groups is 1. The van der Waals surface area contributed by atoms with Crippen molar-refractivity contribution in [3.8, 4) is 0 Å². The van der Waals surface area contributed by atoms with Crippen molar-refractivity contribution in [1.29, 1.82) is 0 Å². The van der Waals surface area contributed by atoms with E-state index in [0.29, 0.717) is 0 Å². The lowest BCUT2D eigenvalue weighted by atomic mass is 9.71. The molecule has 0 aromatic heterocycles. The lowest BCUT2D eigenvalue weighted by Gasteiger charge is -2.39. The van der Waals surface area contributed by atoms with Crippen LogP contribution in [0.4, 0.5) is 0 Å². The van der Waals surface area contributed by atoms with Crippen LogP contribution in [0.25, 0.3) is 0 Å². The molecule has 0 radical (unpaired) electrons. The van der Waals surface area contributed by atoms with Crippen LogP contribution in [-0.2, 0) is 21.6 Å². The van der Waals surface area contributed by atoms with Gasteiger partial charge in [-0.1, -0.05) is 24.3 Å². The van der Waals surface area contributed by atoms with Crippen molar-refractivity contribution in [3.05, 3.63) is 35.4 Å². The standard InChI is InChI=1S/C16H20N2O2/c19-13-17-16(6-3-7-16)15-5-2-1-4-14(15)12-18-8-10-20-11-9-18/h1-2,4-5H,3,6-12H2. The smallest absolute Gasteiger partial charge is 0.235 e. The van der Waals surface area contributed by atoms with Gasteiger partial charge in [-0.15, -0.1) is 0 Å². The summed E-state index contributed by atoms with van der Waals surface area (Å²) in [6.45, 7) is 4.46. The van der Waals surface area contributed by atoms with E-state index >= 15 is 0 Å². The summed E-state index contributed by atoms with van der Waals surface area (Å²) >= 11 is 0. The van der Waals surface area contributed by atoms with Crippen LogP contribution >= 0.6 is 0 Å². The quantitative estimate of drug-likeness (QED) is 0.623. The van der Waals surface area contributed by atoms with Crippen LogP contribution in [-0.4, -0.2) is 37.3 Å². The van der Waals surface area contributed by atoms with Crippen molar-refractivity contribution in [2.24, 2.45) is 4.99 Å². The summed E-state index contributed by atoms with van der Waals surface area (Å²) in [6, 6.07) is 8.38. The number of nitrogens with zero attached hydrogens (tertiary/aromatic N) is 2. The van der Waals surface area contributed by atoms with Crippen LogP contribution in [0.2, 0.25) is 0 Å². The molecule has 0 unspecified atom stereocenters. The van der Waals surface area contributed by atoms with E-state index in [1.165, 1.54) is 11.1 Å². The van der Waals surface area contributed by atoms with Gasteiger partial charge < -0.3 is 4.74 Å². The minimum Gasteiger partial charge on any atom is -0.379 e. The number of hydrogen-bond acceptors (Lipinski definition) is 4. The largest absolute Gasteiger partial charge is 0.379 e. The highest BCUT2D eigenvalue weighted by molar-refractivity contribution is 5.42. The Morgan fingerprint density at radius 2 is 2.00 bits per heavy atom. The zero-order valence-electron chi connectivity index (χ0n) is 11.7. The van der Waals surface area contributed by atoms with E-state index in [-0.39, 0.29) is 5.54 Å². The highest BCUT2D eigenvalue weighted by Crippen LogP contribution is 2.46. The first-order valence-electron chi connectivity index (χ1n) is 7.32. The molecule has 2 fully saturated rings. The summed E-state index contributed by atoms with van der Waals surface area (Å²) in [5.41, 5.74) is 2.19. The van der Waals surface area contributed by atoms with Gasteiger partial charge in [-0.2, -0.15) is 4.99 Å². The molecule has 4 heteroatoms. The molecule has 1 heterocycles. The van der Waals surface area contributed by atoms with Gasteiger partial charge in [-0.05, 0) is 30.4 Å². The second-order valence-corrected chi connectivity index (χ2v) is 5.63. The van der Waals surface area contributed by atoms with Gasteiger partial charge in [0.25, 0.3) is 0 Å². The SMILES string of the molecule is O=C=NC1(c2ccccc2CN2CCOCC2)CCC1. The fraction of sp³-hybridized carbons (Fsp3) is 0.562. The fourth-order valence-corrected chi connectivity index (χ4v) is 3.15. The molecule has 1 aromatic rings. The zero-order chi connectivity index (χ0) is 13.8. The molecule has 0 spiro atoms. The Hall–Kier alpha value is -1.48. The lowest BCUT2D eigenvalue weighted by molar-refractivity contribution is 0.0338. The molecule has 1 saturated heterocycles. The van der Waals surface area contributed by atoms with E-state index in [1.807, 2.05) is 6.07 Å². The normalized spacial score (nSPS) is 21.8. The Balaban J connectivity index is 1.85. The van der Waals surface area contributed by atoms with Crippen molar-refractivity contribution in [2.75, 3.05) is 26.3 Å². The van der Waals surface area contributed by atoms with Gasteiger partial charge in [0.1, 0.15) is 0 Å². The number of isocyanates is 1. The van der Waals surface area contributed by atoms with Crippen LogP contribution in [0.3, 0.4) is 0 Å². The monoisotopic (exact) mass is 272 g/mol. The number of ether oxygens (including phenoxy) is 1. The van der Waals surface area contributed by atoms with Gasteiger partial charge in [0.05, 0.1) is 18.8 Å². The van der Waals surface area contributed by atoms with Gasteiger partial charge in [0, 0.05) is 19.6 Å². The van der Waals surface area contributed by atoms with E-state index in [0.717, 1.165) is 52.1 Å². The first-order chi connectivity index (χ1) is 9.84. The number of benzene rings is 1. The van der Waals surface area contributed by atoms with Gasteiger partial charge in [0.15, 0.2) is 0 Å². The molecule has 20 heavy (non-hydrogen) atoms. The predicted octanol–water partition coefficient (Wildman–Crippen LogP) is 2.23. The number of rotatable bonds is 4. The molecule has 0 amide bonds. The van der Waals surface area contributed by atoms with Crippen LogP contribution in [0.15, 0.2) is 29.3 Å². The maximum atomic E-state index is 10.8. The molecule has 1 aliphatic carbocycles. The number of carbonyl (C=O) groups excluding carboxylic acids is 1. The second kappa shape index (κ2) is 5.88. The first-order valence-corrected chi connectivity index (χ1v) is 7.32. The highest BCUT2D eigenvalue weighted by Gasteiger charge is 2.40. The summed E-state index contributed by atoms with van der Waals surface area (Å²) < 4.78 is 5.39. The summed E-state index contributed by atoms with van der Waals surface area (Å²) in [5.74, 6) is 0. The van der Waals surface area contributed by atoms with E-state index in [9.17, 15) is 4.79 Å². The van der Waals surface area contributed by atoms with Gasteiger partial charge in [-0.3, -0.25) is 4.90 Å². The topological polar surface area (TPSA) is 41.9 Å². The van der Waals surface area contributed by atoms with Crippen LogP contribution in [0.1, 0.15) is 30.4 Å². The third kappa shape index (κ3) is 2.55. The Morgan fingerprint density at radius 3 is 2.65 bits per heavy atom. The lowest BCUT2D eigenvalue weighted by Crippen LogP contribution is -2.38. The summed E-state index contributed by atoms with van der Waals surface area (Å²) in [7, 11) is 0. The highest BCUT2D eigenvalue weighted by atomic mass is 16.5. The summed E-state index contributed by atoms with van der Waals surface area (Å²) in [5, 5.41) is 0. The van der Waals surface area contributed by atoms with Gasteiger partial charge in [-0.25, -0.2) is 4.79 Å². The van der Waals surface area contributed by atoms with E-state index in [1.54, 1.807) is 6.08 Å². The van der Waals surface area contributed by atoms with Crippen molar-refractivity contribution >= 4 is 6.08 Å². The molecular weight excluding hydrogens is 252 g/mol. The Morgan fingerprint density at radius 1 is 1.25 bits per heavy atom. The fourth-order valence-electron chi connectivity index (χ4n) is 3.15. The maximum Gasteiger partial charge on any atom is 0.235 e. The Kier molecular flexibility index (Phi) is 3.97. The summed E-state index contributed by atoms with van der Waals surface area (Å²) in [6.07, 6.45) is 4.84. The molecule has 2 aliphatic rings. The van der Waals surface area contributed by atoms with Crippen molar-refractivity contribution in [3.63, 3.8) is 0 Å². The van der Waals surface area contributed by atoms with Crippen molar-refractivity contribution in [1.82, 2.24) is 4.90 Å². The van der Waals surface area contributed by atoms with Gasteiger partial charge >= 0.3 is 0 Å². The number of morpholine rings is 1. The minimum atomic E-state index is -0.301. The summed E-state index contributed by atoms with van der Waals surface area (Å²) in [4.78, 5) is 17.3.